The molecule has 3 rings (SSSR count). The number of nitrogens with zero attached hydrogens (tertiary/aromatic N) is 1. The van der Waals surface area contributed by atoms with Crippen LogP contribution in [0, 0.1) is 6.92 Å². The zero-order valence-electron chi connectivity index (χ0n) is 16.1. The van der Waals surface area contributed by atoms with Gasteiger partial charge in [-0.25, -0.2) is 0 Å². The van der Waals surface area contributed by atoms with Crippen molar-refractivity contribution in [2.45, 2.75) is 26.4 Å². The first-order valence-electron chi connectivity index (χ1n) is 9.50. The highest BCUT2D eigenvalue weighted by atomic mass is 16.5. The van der Waals surface area contributed by atoms with Crippen LogP contribution in [0.3, 0.4) is 0 Å². The van der Waals surface area contributed by atoms with Crippen molar-refractivity contribution in [2.75, 3.05) is 32.9 Å². The highest BCUT2D eigenvalue weighted by molar-refractivity contribution is 5.94. The molecule has 0 aromatic heterocycles. The minimum Gasteiger partial charge on any atom is -0.491 e. The van der Waals surface area contributed by atoms with E-state index in [0.717, 1.165) is 49.7 Å². The molecule has 27 heavy (non-hydrogen) atoms. The van der Waals surface area contributed by atoms with E-state index in [1.807, 2.05) is 56.3 Å². The Morgan fingerprint density at radius 1 is 1.19 bits per heavy atom. The number of para-hydroxylation sites is 1. The summed E-state index contributed by atoms with van der Waals surface area (Å²) in [6.07, 6.45) is 0. The predicted octanol–water partition coefficient (Wildman–Crippen LogP) is 3.02. The van der Waals surface area contributed by atoms with Gasteiger partial charge in [0.1, 0.15) is 12.4 Å². The van der Waals surface area contributed by atoms with Gasteiger partial charge >= 0.3 is 0 Å². The van der Waals surface area contributed by atoms with Crippen molar-refractivity contribution in [1.29, 1.82) is 0 Å². The summed E-state index contributed by atoms with van der Waals surface area (Å²) in [5.41, 5.74) is 2.92. The SMILES string of the molecule is Cc1ccccc1OC[C@H](C)NC(=O)c1cccc(CN2CCOCC2)c1. The average molecular weight is 368 g/mol. The molecule has 2 aromatic rings. The molecule has 5 nitrogen and oxygen atoms in total. The van der Waals surface area contributed by atoms with Crippen molar-refractivity contribution in [3.63, 3.8) is 0 Å². The number of hydrogen-bond acceptors (Lipinski definition) is 4. The third-order valence-corrected chi connectivity index (χ3v) is 4.66. The monoisotopic (exact) mass is 368 g/mol. The minimum absolute atomic E-state index is 0.0697. The molecule has 144 valence electrons. The van der Waals surface area contributed by atoms with Crippen LogP contribution in [0.4, 0.5) is 0 Å². The van der Waals surface area contributed by atoms with E-state index in [0.29, 0.717) is 12.2 Å². The lowest BCUT2D eigenvalue weighted by Gasteiger charge is -2.26. The number of carbonyl (C=O) groups excluding carboxylic acids is 1. The van der Waals surface area contributed by atoms with E-state index < -0.39 is 0 Å². The molecule has 5 heteroatoms. The topological polar surface area (TPSA) is 50.8 Å². The van der Waals surface area contributed by atoms with Crippen LogP contribution in [0.15, 0.2) is 48.5 Å². The Morgan fingerprint density at radius 2 is 1.96 bits per heavy atom. The van der Waals surface area contributed by atoms with Crippen LogP contribution in [0.25, 0.3) is 0 Å². The first-order chi connectivity index (χ1) is 13.1. The Bertz CT molecular complexity index is 757. The van der Waals surface area contributed by atoms with E-state index in [1.54, 1.807) is 0 Å². The first kappa shape index (κ1) is 19.4. The maximum Gasteiger partial charge on any atom is 0.251 e. The molecule has 0 spiro atoms. The number of benzene rings is 2. The highest BCUT2D eigenvalue weighted by Gasteiger charge is 2.14. The fourth-order valence-corrected chi connectivity index (χ4v) is 3.11. The van der Waals surface area contributed by atoms with Gasteiger partial charge < -0.3 is 14.8 Å². The molecule has 2 aromatic carbocycles. The molecule has 1 saturated heterocycles. The lowest BCUT2D eigenvalue weighted by atomic mass is 10.1. The number of morpholine rings is 1. The number of carbonyl (C=O) groups is 1. The number of nitrogens with one attached hydrogen (secondary N) is 1. The van der Waals surface area contributed by atoms with E-state index >= 15 is 0 Å². The number of rotatable bonds is 7. The van der Waals surface area contributed by atoms with Gasteiger partial charge in [-0.05, 0) is 43.2 Å². The number of hydrogen-bond donors (Lipinski definition) is 1. The zero-order chi connectivity index (χ0) is 19.1. The molecule has 0 unspecified atom stereocenters. The van der Waals surface area contributed by atoms with Crippen LogP contribution in [0.2, 0.25) is 0 Å². The van der Waals surface area contributed by atoms with Gasteiger partial charge in [-0.1, -0.05) is 30.3 Å². The summed E-state index contributed by atoms with van der Waals surface area (Å²) in [5.74, 6) is 0.783. The molecule has 1 fully saturated rings. The van der Waals surface area contributed by atoms with Gasteiger partial charge in [-0.3, -0.25) is 9.69 Å². The van der Waals surface area contributed by atoms with Gasteiger partial charge in [0.25, 0.3) is 5.91 Å². The summed E-state index contributed by atoms with van der Waals surface area (Å²) in [5, 5.41) is 3.02. The van der Waals surface area contributed by atoms with Crippen molar-refractivity contribution in [3.8, 4) is 5.75 Å². The second-order valence-electron chi connectivity index (χ2n) is 7.04. The molecule has 1 N–H and O–H groups in total. The van der Waals surface area contributed by atoms with Gasteiger partial charge in [-0.15, -0.1) is 0 Å². The molecular weight excluding hydrogens is 340 g/mol. The fourth-order valence-electron chi connectivity index (χ4n) is 3.11. The van der Waals surface area contributed by atoms with Crippen LogP contribution >= 0.6 is 0 Å². The maximum atomic E-state index is 12.6. The van der Waals surface area contributed by atoms with Crippen LogP contribution in [-0.2, 0) is 11.3 Å². The lowest BCUT2D eigenvalue weighted by molar-refractivity contribution is 0.0342. The van der Waals surface area contributed by atoms with E-state index in [-0.39, 0.29) is 11.9 Å². The normalized spacial score (nSPS) is 15.9. The van der Waals surface area contributed by atoms with E-state index in [2.05, 4.69) is 16.3 Å². The fraction of sp³-hybridized carbons (Fsp3) is 0.409. The Balaban J connectivity index is 1.52. The van der Waals surface area contributed by atoms with Crippen LogP contribution in [0.5, 0.6) is 5.75 Å². The smallest absolute Gasteiger partial charge is 0.251 e. The van der Waals surface area contributed by atoms with Crippen molar-refractivity contribution >= 4 is 5.91 Å². The van der Waals surface area contributed by atoms with E-state index in [1.165, 1.54) is 0 Å². The molecule has 0 saturated carbocycles. The van der Waals surface area contributed by atoms with Gasteiger partial charge in [0.05, 0.1) is 19.3 Å². The first-order valence-corrected chi connectivity index (χ1v) is 9.50. The third kappa shape index (κ3) is 5.81. The second kappa shape index (κ2) is 9.53. The Kier molecular flexibility index (Phi) is 6.85. The minimum atomic E-state index is -0.0833. The van der Waals surface area contributed by atoms with Gasteiger partial charge in [0.15, 0.2) is 0 Å². The molecule has 1 aliphatic rings. The van der Waals surface area contributed by atoms with Crippen LogP contribution < -0.4 is 10.1 Å². The maximum absolute atomic E-state index is 12.6. The van der Waals surface area contributed by atoms with Crippen LogP contribution in [-0.4, -0.2) is 49.8 Å². The quantitative estimate of drug-likeness (QED) is 0.816. The standard InChI is InChI=1S/C22H28N2O3/c1-17-6-3-4-9-21(17)27-16-18(2)23-22(25)20-8-5-7-19(14-20)15-24-10-12-26-13-11-24/h3-9,14,18H,10-13,15-16H2,1-2H3,(H,23,25)/t18-/m0/s1. The Morgan fingerprint density at radius 3 is 2.74 bits per heavy atom. The molecule has 1 amide bonds. The van der Waals surface area contributed by atoms with Crippen molar-refractivity contribution in [2.24, 2.45) is 0 Å². The molecule has 1 heterocycles. The summed E-state index contributed by atoms with van der Waals surface area (Å²) in [4.78, 5) is 14.9. The molecule has 1 atom stereocenters. The number of aryl methyl sites for hydroxylation is 1. The van der Waals surface area contributed by atoms with Crippen molar-refractivity contribution < 1.29 is 14.3 Å². The summed E-state index contributed by atoms with van der Waals surface area (Å²) < 4.78 is 11.2. The largest absolute Gasteiger partial charge is 0.491 e. The molecule has 0 aliphatic carbocycles. The summed E-state index contributed by atoms with van der Waals surface area (Å²) in [7, 11) is 0. The lowest BCUT2D eigenvalue weighted by Crippen LogP contribution is -2.37. The molecular formula is C22H28N2O3. The predicted molar refractivity (Wildman–Crippen MR) is 106 cm³/mol. The summed E-state index contributed by atoms with van der Waals surface area (Å²) in [6, 6.07) is 15.6. The van der Waals surface area contributed by atoms with Crippen LogP contribution in [0.1, 0.15) is 28.4 Å². The van der Waals surface area contributed by atoms with Crippen molar-refractivity contribution in [1.82, 2.24) is 10.2 Å². The molecule has 0 radical (unpaired) electrons. The van der Waals surface area contributed by atoms with E-state index in [9.17, 15) is 4.79 Å². The zero-order valence-corrected chi connectivity index (χ0v) is 16.1. The third-order valence-electron chi connectivity index (χ3n) is 4.66. The second-order valence-corrected chi connectivity index (χ2v) is 7.04. The highest BCUT2D eigenvalue weighted by Crippen LogP contribution is 2.16. The molecule has 0 bridgehead atoms. The Labute approximate surface area is 161 Å². The Hall–Kier alpha value is -2.37. The summed E-state index contributed by atoms with van der Waals surface area (Å²) in [6.45, 7) is 8.66. The van der Waals surface area contributed by atoms with Gasteiger partial charge in [-0.2, -0.15) is 0 Å². The molecule has 1 aliphatic heterocycles. The van der Waals surface area contributed by atoms with Gasteiger partial charge in [0.2, 0.25) is 0 Å². The summed E-state index contributed by atoms with van der Waals surface area (Å²) >= 11 is 0. The van der Waals surface area contributed by atoms with E-state index in [4.69, 9.17) is 9.47 Å². The average Bonchev–Trinajstić information content (AvgIpc) is 2.68. The van der Waals surface area contributed by atoms with Crippen molar-refractivity contribution in [3.05, 3.63) is 65.2 Å². The number of amides is 1. The van der Waals surface area contributed by atoms with Gasteiger partial charge in [0, 0.05) is 25.2 Å². The number of ether oxygens (including phenoxy) is 2.